The van der Waals surface area contributed by atoms with Crippen LogP contribution < -0.4 is 5.73 Å². The zero-order valence-corrected chi connectivity index (χ0v) is 15.8. The van der Waals surface area contributed by atoms with Gasteiger partial charge in [-0.3, -0.25) is 4.99 Å². The molecule has 0 aromatic heterocycles. The molecule has 0 saturated carbocycles. The van der Waals surface area contributed by atoms with Crippen molar-refractivity contribution in [3.05, 3.63) is 58.8 Å². The summed E-state index contributed by atoms with van der Waals surface area (Å²) in [6.07, 6.45) is 17.8. The highest BCUT2D eigenvalue weighted by Crippen LogP contribution is 2.38. The lowest BCUT2D eigenvalue weighted by Gasteiger charge is -2.43. The molecule has 132 valence electrons. The molecular weight excluding hydrogens is 353 g/mol. The highest BCUT2D eigenvalue weighted by molar-refractivity contribution is 6.31. The monoisotopic (exact) mass is 375 g/mol. The van der Waals surface area contributed by atoms with Gasteiger partial charge in [0.15, 0.2) is 0 Å². The van der Waals surface area contributed by atoms with E-state index in [0.717, 1.165) is 35.8 Å². The number of amidine groups is 1. The molecule has 0 aromatic rings. The summed E-state index contributed by atoms with van der Waals surface area (Å²) in [7, 11) is 0. The lowest BCUT2D eigenvalue weighted by molar-refractivity contribution is 0.212. The first-order valence-corrected chi connectivity index (χ1v) is 9.64. The van der Waals surface area contributed by atoms with Gasteiger partial charge in [-0.2, -0.15) is 0 Å². The maximum Gasteiger partial charge on any atom is 0.118 e. The van der Waals surface area contributed by atoms with E-state index in [0.29, 0.717) is 12.3 Å². The molecule has 2 N–H and O–H groups in total. The molecule has 25 heavy (non-hydrogen) atoms. The van der Waals surface area contributed by atoms with E-state index in [9.17, 15) is 0 Å². The molecule has 2 aliphatic carbocycles. The number of rotatable bonds is 2. The minimum atomic E-state index is -0.228. The Morgan fingerprint density at radius 1 is 1.24 bits per heavy atom. The van der Waals surface area contributed by atoms with Crippen LogP contribution in [0.5, 0.6) is 0 Å². The second-order valence-corrected chi connectivity index (χ2v) is 8.55. The van der Waals surface area contributed by atoms with Gasteiger partial charge in [0.1, 0.15) is 5.84 Å². The van der Waals surface area contributed by atoms with Gasteiger partial charge in [0.2, 0.25) is 0 Å². The van der Waals surface area contributed by atoms with E-state index in [2.05, 4.69) is 48.4 Å². The van der Waals surface area contributed by atoms with Crippen LogP contribution in [0.25, 0.3) is 0 Å². The van der Waals surface area contributed by atoms with Crippen molar-refractivity contribution in [3.63, 3.8) is 0 Å². The molecule has 0 radical (unpaired) electrons. The van der Waals surface area contributed by atoms with Gasteiger partial charge >= 0.3 is 0 Å². The third kappa shape index (κ3) is 3.20. The van der Waals surface area contributed by atoms with Gasteiger partial charge in [-0.1, -0.05) is 42.0 Å². The molecule has 2 heterocycles. The predicted octanol–water partition coefficient (Wildman–Crippen LogP) is 4.27. The van der Waals surface area contributed by atoms with Crippen molar-refractivity contribution in [1.29, 1.82) is 0 Å². The van der Waals surface area contributed by atoms with Crippen LogP contribution in [0.15, 0.2) is 63.8 Å². The van der Waals surface area contributed by atoms with E-state index in [4.69, 9.17) is 33.9 Å². The summed E-state index contributed by atoms with van der Waals surface area (Å²) in [6, 6.07) is 0.246. The number of alkyl halides is 1. The van der Waals surface area contributed by atoms with Crippen LogP contribution in [-0.4, -0.2) is 34.2 Å². The molecule has 5 heteroatoms. The standard InChI is InChI=1S/C20H23Cl2N3/c1-20(12-25-7-3-6-18(25)19(23)24-20)15-5-2-4-13(8-15)14-9-16(21)11-17(22)10-14/h2-4,7-10,15-16,18H,5-6,11-12H2,1H3,(H2,23,24)/t15-,16+,18-,20-/m1/s1. The minimum Gasteiger partial charge on any atom is -0.386 e. The smallest absolute Gasteiger partial charge is 0.118 e. The first-order chi connectivity index (χ1) is 11.9. The van der Waals surface area contributed by atoms with Gasteiger partial charge in [0.25, 0.3) is 0 Å². The highest BCUT2D eigenvalue weighted by Gasteiger charge is 2.41. The summed E-state index contributed by atoms with van der Waals surface area (Å²) in [5, 5.41) is 0.765. The topological polar surface area (TPSA) is 41.6 Å². The van der Waals surface area contributed by atoms with Crippen LogP contribution in [0, 0.1) is 5.92 Å². The zero-order chi connectivity index (χ0) is 17.6. The minimum absolute atomic E-state index is 0.0448. The Bertz CT molecular complexity index is 759. The van der Waals surface area contributed by atoms with Gasteiger partial charge in [-0.25, -0.2) is 0 Å². The van der Waals surface area contributed by atoms with Gasteiger partial charge < -0.3 is 10.6 Å². The Balaban J connectivity index is 1.64. The van der Waals surface area contributed by atoms with Crippen LogP contribution >= 0.6 is 23.2 Å². The number of halogens is 2. The Hall–Kier alpha value is -1.45. The Morgan fingerprint density at radius 3 is 2.88 bits per heavy atom. The SMILES string of the molecule is C[C@]1([C@H]2C=C(C3=C[C@H](Cl)CC(Cl)=C3)C=CC2)CN2C=CC[C@@H]2C(N)=N1. The van der Waals surface area contributed by atoms with Crippen molar-refractivity contribution < 1.29 is 0 Å². The number of hydrogen-bond donors (Lipinski definition) is 1. The Morgan fingerprint density at radius 2 is 2.08 bits per heavy atom. The summed E-state index contributed by atoms with van der Waals surface area (Å²) >= 11 is 12.6. The first kappa shape index (κ1) is 17.0. The van der Waals surface area contributed by atoms with Crippen molar-refractivity contribution in [2.75, 3.05) is 6.54 Å². The van der Waals surface area contributed by atoms with E-state index in [1.807, 2.05) is 6.08 Å². The average Bonchev–Trinajstić information content (AvgIpc) is 3.02. The maximum atomic E-state index is 6.31. The molecule has 0 bridgehead atoms. The van der Waals surface area contributed by atoms with E-state index in [-0.39, 0.29) is 17.0 Å². The third-order valence-corrected chi connectivity index (χ3v) is 6.09. The number of aliphatic imine (C=N–C) groups is 1. The molecule has 4 atom stereocenters. The van der Waals surface area contributed by atoms with E-state index in [1.165, 1.54) is 5.57 Å². The fourth-order valence-corrected chi connectivity index (χ4v) is 4.86. The average molecular weight is 376 g/mol. The summed E-state index contributed by atoms with van der Waals surface area (Å²) in [5.41, 5.74) is 8.34. The third-order valence-electron chi connectivity index (χ3n) is 5.55. The van der Waals surface area contributed by atoms with Gasteiger partial charge in [-0.05, 0) is 43.2 Å². The molecule has 0 spiro atoms. The second-order valence-electron chi connectivity index (χ2n) is 7.50. The van der Waals surface area contributed by atoms with Crippen molar-refractivity contribution in [3.8, 4) is 0 Å². The number of hydrogen-bond acceptors (Lipinski definition) is 3. The summed E-state index contributed by atoms with van der Waals surface area (Å²) in [5.74, 6) is 1.05. The quantitative estimate of drug-likeness (QED) is 0.732. The second kappa shape index (κ2) is 6.37. The Kier molecular flexibility index (Phi) is 4.33. The lowest BCUT2D eigenvalue weighted by Crippen LogP contribution is -2.54. The molecule has 0 aromatic carbocycles. The van der Waals surface area contributed by atoms with Gasteiger partial charge in [-0.15, -0.1) is 11.6 Å². The Labute approximate surface area is 159 Å². The molecular formula is C20H23Cl2N3. The number of fused-ring (bicyclic) bond motifs is 1. The molecule has 0 unspecified atom stereocenters. The maximum absolute atomic E-state index is 6.31. The summed E-state index contributed by atoms with van der Waals surface area (Å²) in [4.78, 5) is 7.27. The molecule has 0 saturated heterocycles. The molecule has 4 rings (SSSR count). The molecule has 3 nitrogen and oxygen atoms in total. The van der Waals surface area contributed by atoms with E-state index < -0.39 is 0 Å². The lowest BCUT2D eigenvalue weighted by atomic mass is 9.77. The largest absolute Gasteiger partial charge is 0.386 e. The summed E-state index contributed by atoms with van der Waals surface area (Å²) in [6.45, 7) is 3.10. The zero-order valence-electron chi connectivity index (χ0n) is 14.3. The van der Waals surface area contributed by atoms with Crippen molar-refractivity contribution in [1.82, 2.24) is 4.90 Å². The van der Waals surface area contributed by atoms with Crippen LogP contribution in [-0.2, 0) is 0 Å². The van der Waals surface area contributed by atoms with Gasteiger partial charge in [0, 0.05) is 23.9 Å². The molecule has 0 amide bonds. The fourth-order valence-electron chi connectivity index (χ4n) is 4.20. The van der Waals surface area contributed by atoms with Crippen molar-refractivity contribution in [2.24, 2.45) is 16.6 Å². The fraction of sp³-hybridized carbons (Fsp3) is 0.450. The molecule has 0 fully saturated rings. The normalized spacial score (nSPS) is 37.2. The van der Waals surface area contributed by atoms with Crippen LogP contribution in [0.2, 0.25) is 0 Å². The van der Waals surface area contributed by atoms with Gasteiger partial charge in [0.05, 0.1) is 17.0 Å². The summed E-state index contributed by atoms with van der Waals surface area (Å²) < 4.78 is 0. The number of allylic oxidation sites excluding steroid dienone is 7. The van der Waals surface area contributed by atoms with Crippen molar-refractivity contribution >= 4 is 29.0 Å². The predicted molar refractivity (Wildman–Crippen MR) is 106 cm³/mol. The van der Waals surface area contributed by atoms with E-state index >= 15 is 0 Å². The highest BCUT2D eigenvalue weighted by atomic mass is 35.5. The van der Waals surface area contributed by atoms with Crippen LogP contribution in [0.1, 0.15) is 26.2 Å². The number of nitrogens with two attached hydrogens (primary N) is 1. The number of nitrogens with zero attached hydrogens (tertiary/aromatic N) is 2. The van der Waals surface area contributed by atoms with Crippen LogP contribution in [0.3, 0.4) is 0 Å². The molecule has 4 aliphatic rings. The van der Waals surface area contributed by atoms with Crippen molar-refractivity contribution in [2.45, 2.75) is 43.1 Å². The molecule has 2 aliphatic heterocycles. The van der Waals surface area contributed by atoms with Crippen LogP contribution in [0.4, 0.5) is 0 Å². The first-order valence-electron chi connectivity index (χ1n) is 8.83. The van der Waals surface area contributed by atoms with E-state index in [1.54, 1.807) is 0 Å².